The molecule has 1 saturated heterocycles. The Hall–Kier alpha value is -1.11. The van der Waals surface area contributed by atoms with Crippen LogP contribution in [-0.4, -0.2) is 43.6 Å². The van der Waals surface area contributed by atoms with Crippen LogP contribution in [0, 0.1) is 13.8 Å². The van der Waals surface area contributed by atoms with Crippen LogP contribution in [0.25, 0.3) is 0 Å². The maximum atomic E-state index is 12.8. The lowest BCUT2D eigenvalue weighted by atomic mass is 10.1. The number of aliphatic hydroxyl groups is 1. The average molecular weight is 298 g/mol. The Morgan fingerprint density at radius 2 is 1.85 bits per heavy atom. The summed E-state index contributed by atoms with van der Waals surface area (Å²) in [5.74, 6) is 0. The third-order valence-electron chi connectivity index (χ3n) is 3.76. The fraction of sp³-hybridized carbons (Fsp3) is 0.571. The Labute approximate surface area is 120 Å². The molecule has 5 nitrogen and oxygen atoms in total. The lowest BCUT2D eigenvalue weighted by molar-refractivity contribution is 0.0762. The summed E-state index contributed by atoms with van der Waals surface area (Å²) in [6.45, 7) is 5.79. The molecule has 0 aromatic heterocycles. The van der Waals surface area contributed by atoms with Gasteiger partial charge in [-0.15, -0.1) is 0 Å². The van der Waals surface area contributed by atoms with Gasteiger partial charge in [0.05, 0.1) is 10.5 Å². The van der Waals surface area contributed by atoms with Crippen LogP contribution in [0.5, 0.6) is 0 Å². The van der Waals surface area contributed by atoms with Gasteiger partial charge in [-0.1, -0.05) is 0 Å². The van der Waals surface area contributed by atoms with Crippen molar-refractivity contribution in [2.24, 2.45) is 0 Å². The van der Waals surface area contributed by atoms with Gasteiger partial charge in [-0.05, 0) is 50.5 Å². The first-order chi connectivity index (χ1) is 9.17. The molecule has 0 spiro atoms. The maximum absolute atomic E-state index is 12.8. The van der Waals surface area contributed by atoms with E-state index in [0.29, 0.717) is 17.9 Å². The quantitative estimate of drug-likeness (QED) is 0.887. The summed E-state index contributed by atoms with van der Waals surface area (Å²) >= 11 is 0. The Balaban J connectivity index is 2.46. The van der Waals surface area contributed by atoms with Gasteiger partial charge in [0.25, 0.3) is 0 Å². The molecule has 112 valence electrons. The van der Waals surface area contributed by atoms with E-state index in [9.17, 15) is 13.5 Å². The molecule has 6 heteroatoms. The van der Waals surface area contributed by atoms with Gasteiger partial charge in [0.15, 0.2) is 0 Å². The van der Waals surface area contributed by atoms with Crippen LogP contribution < -0.4 is 5.32 Å². The molecule has 2 rings (SSSR count). The number of nitrogens with one attached hydrogen (secondary N) is 1. The van der Waals surface area contributed by atoms with Gasteiger partial charge >= 0.3 is 0 Å². The number of rotatable bonds is 3. The van der Waals surface area contributed by atoms with E-state index in [1.54, 1.807) is 27.8 Å². The van der Waals surface area contributed by atoms with Crippen LogP contribution in [0.3, 0.4) is 0 Å². The number of nitrogens with zero attached hydrogens (tertiary/aromatic N) is 1. The van der Waals surface area contributed by atoms with Crippen LogP contribution in [0.4, 0.5) is 5.69 Å². The molecule has 0 aliphatic carbocycles. The van der Waals surface area contributed by atoms with E-state index < -0.39 is 15.6 Å². The minimum Gasteiger partial charge on any atom is -0.389 e. The molecular formula is C14H22N2O3S. The molecule has 2 N–H and O–H groups in total. The van der Waals surface area contributed by atoms with E-state index in [1.165, 1.54) is 4.31 Å². The fourth-order valence-corrected chi connectivity index (χ4v) is 4.71. The minimum absolute atomic E-state index is 0.155. The largest absolute Gasteiger partial charge is 0.389 e. The predicted molar refractivity (Wildman–Crippen MR) is 79.5 cm³/mol. The van der Waals surface area contributed by atoms with E-state index in [2.05, 4.69) is 5.32 Å². The normalized spacial score (nSPS) is 24.1. The number of aryl methyl sites for hydroxylation is 2. The first kappa shape index (κ1) is 15.3. The third kappa shape index (κ3) is 2.68. The summed E-state index contributed by atoms with van der Waals surface area (Å²) in [5, 5.41) is 13.0. The first-order valence-corrected chi connectivity index (χ1v) is 8.13. The van der Waals surface area contributed by atoms with Crippen molar-refractivity contribution < 1.29 is 13.5 Å². The highest BCUT2D eigenvalue weighted by Gasteiger charge is 2.39. The summed E-state index contributed by atoms with van der Waals surface area (Å²) in [7, 11) is -1.74. The number of hydrogen-bond donors (Lipinski definition) is 2. The zero-order chi connectivity index (χ0) is 15.1. The lowest BCUT2D eigenvalue weighted by Crippen LogP contribution is -2.34. The number of hydrogen-bond acceptors (Lipinski definition) is 4. The van der Waals surface area contributed by atoms with Crippen molar-refractivity contribution >= 4 is 15.7 Å². The Kier molecular flexibility index (Phi) is 3.83. The molecular weight excluding hydrogens is 276 g/mol. The van der Waals surface area contributed by atoms with Gasteiger partial charge in [-0.25, -0.2) is 8.42 Å². The van der Waals surface area contributed by atoms with E-state index in [0.717, 1.165) is 16.8 Å². The fourth-order valence-electron chi connectivity index (χ4n) is 2.74. The molecule has 1 fully saturated rings. The zero-order valence-corrected chi connectivity index (χ0v) is 13.2. The van der Waals surface area contributed by atoms with E-state index in [1.807, 2.05) is 12.1 Å². The number of sulfonamides is 1. The van der Waals surface area contributed by atoms with Crippen LogP contribution in [0.2, 0.25) is 0 Å². The van der Waals surface area contributed by atoms with Gasteiger partial charge in [0.1, 0.15) is 0 Å². The smallest absolute Gasteiger partial charge is 0.243 e. The molecule has 1 aromatic carbocycles. The molecule has 0 bridgehead atoms. The summed E-state index contributed by atoms with van der Waals surface area (Å²) in [6, 6.07) is 3.65. The predicted octanol–water partition coefficient (Wildman–Crippen LogP) is 1.49. The second-order valence-electron chi connectivity index (χ2n) is 5.77. The molecule has 0 radical (unpaired) electrons. The zero-order valence-electron chi connectivity index (χ0n) is 12.4. The van der Waals surface area contributed by atoms with Crippen molar-refractivity contribution in [3.63, 3.8) is 0 Å². The standard InChI is InChI=1S/C14H22N2O3S/c1-10-7-12(15-4)8-11(2)13(10)20(18,19)16-6-5-14(3,17)9-16/h7-8,15,17H,5-6,9H2,1-4H3. The molecule has 1 aromatic rings. The molecule has 0 saturated carbocycles. The average Bonchev–Trinajstić information content (AvgIpc) is 2.69. The monoisotopic (exact) mass is 298 g/mol. The van der Waals surface area contributed by atoms with Crippen LogP contribution >= 0.6 is 0 Å². The molecule has 1 aliphatic heterocycles. The second-order valence-corrected chi connectivity index (χ2v) is 7.65. The molecule has 1 heterocycles. The number of anilines is 1. The maximum Gasteiger partial charge on any atom is 0.243 e. The third-order valence-corrected chi connectivity index (χ3v) is 5.92. The van der Waals surface area contributed by atoms with Crippen LogP contribution in [0.1, 0.15) is 24.5 Å². The van der Waals surface area contributed by atoms with E-state index in [-0.39, 0.29) is 6.54 Å². The second kappa shape index (κ2) is 5.02. The topological polar surface area (TPSA) is 69.6 Å². The highest BCUT2D eigenvalue weighted by atomic mass is 32.2. The lowest BCUT2D eigenvalue weighted by Gasteiger charge is -2.21. The van der Waals surface area contributed by atoms with Crippen LogP contribution in [0.15, 0.2) is 17.0 Å². The van der Waals surface area contributed by atoms with Crippen molar-refractivity contribution in [1.82, 2.24) is 4.31 Å². The Morgan fingerprint density at radius 3 is 2.25 bits per heavy atom. The van der Waals surface area contributed by atoms with Gasteiger partial charge in [0, 0.05) is 25.8 Å². The highest BCUT2D eigenvalue weighted by molar-refractivity contribution is 7.89. The highest BCUT2D eigenvalue weighted by Crippen LogP contribution is 2.31. The molecule has 20 heavy (non-hydrogen) atoms. The Morgan fingerprint density at radius 1 is 1.30 bits per heavy atom. The molecule has 1 aliphatic rings. The first-order valence-electron chi connectivity index (χ1n) is 6.69. The summed E-state index contributed by atoms with van der Waals surface area (Å²) < 4.78 is 26.9. The molecule has 1 unspecified atom stereocenters. The van der Waals surface area contributed by atoms with Crippen LogP contribution in [-0.2, 0) is 10.0 Å². The van der Waals surface area contributed by atoms with Crippen molar-refractivity contribution in [3.05, 3.63) is 23.3 Å². The summed E-state index contributed by atoms with van der Waals surface area (Å²) in [6.07, 6.45) is 0.471. The summed E-state index contributed by atoms with van der Waals surface area (Å²) in [5.41, 5.74) is 1.41. The van der Waals surface area contributed by atoms with E-state index in [4.69, 9.17) is 0 Å². The number of benzene rings is 1. The number of β-amino-alcohol motifs (C(OH)–C–C–N with tert-alkyl or cyclic N) is 1. The van der Waals surface area contributed by atoms with Gasteiger partial charge in [0.2, 0.25) is 10.0 Å². The van der Waals surface area contributed by atoms with E-state index >= 15 is 0 Å². The van der Waals surface area contributed by atoms with Crippen molar-refractivity contribution in [1.29, 1.82) is 0 Å². The van der Waals surface area contributed by atoms with Crippen molar-refractivity contribution in [3.8, 4) is 0 Å². The van der Waals surface area contributed by atoms with Gasteiger partial charge in [-0.2, -0.15) is 4.31 Å². The Bertz CT molecular complexity index is 600. The molecule has 0 amide bonds. The van der Waals surface area contributed by atoms with Crippen molar-refractivity contribution in [2.75, 3.05) is 25.5 Å². The van der Waals surface area contributed by atoms with Gasteiger partial charge < -0.3 is 10.4 Å². The molecule has 1 atom stereocenters. The van der Waals surface area contributed by atoms with Crippen molar-refractivity contribution in [2.45, 2.75) is 37.7 Å². The SMILES string of the molecule is CNc1cc(C)c(S(=O)(=O)N2CCC(C)(O)C2)c(C)c1. The summed E-state index contributed by atoms with van der Waals surface area (Å²) in [4.78, 5) is 0.356. The minimum atomic E-state index is -3.55. The van der Waals surface area contributed by atoms with Gasteiger partial charge in [-0.3, -0.25) is 0 Å².